The van der Waals surface area contributed by atoms with Gasteiger partial charge in [0.15, 0.2) is 11.6 Å². The average molecular weight is 402 g/mol. The van der Waals surface area contributed by atoms with Crippen molar-refractivity contribution in [2.75, 3.05) is 5.32 Å². The van der Waals surface area contributed by atoms with Gasteiger partial charge in [-0.15, -0.1) is 0 Å². The predicted octanol–water partition coefficient (Wildman–Crippen LogP) is 5.38. The second-order valence-electron chi connectivity index (χ2n) is 5.89. The van der Waals surface area contributed by atoms with Crippen molar-refractivity contribution in [1.29, 1.82) is 0 Å². The molecule has 3 heterocycles. The van der Waals surface area contributed by atoms with E-state index < -0.39 is 11.6 Å². The van der Waals surface area contributed by atoms with E-state index in [4.69, 9.17) is 16.3 Å². The number of nitrogens with one attached hydrogen (secondary N) is 2. The molecule has 0 radical (unpaired) electrons. The number of H-pyrrole nitrogens is 1. The lowest BCUT2D eigenvalue weighted by Crippen LogP contribution is -2.00. The maximum absolute atomic E-state index is 14.1. The Morgan fingerprint density at radius 1 is 1.21 bits per heavy atom. The molecule has 0 fully saturated rings. The molecule has 142 valence electrons. The normalized spacial score (nSPS) is 11.0. The van der Waals surface area contributed by atoms with Gasteiger partial charge in [0, 0.05) is 18.0 Å². The molecular formula is C19H14ClF2N5O. The number of pyridine rings is 1. The summed E-state index contributed by atoms with van der Waals surface area (Å²) < 4.78 is 32.9. The van der Waals surface area contributed by atoms with Crippen molar-refractivity contribution in [3.8, 4) is 11.6 Å². The standard InChI is InChI=1S/C19H14ClF2N5O/c1-2-13-16(20)15-17(25-13)26-19(24-11-4-3-7-23-9-11)27-18(15)28-14-6-5-10(21)8-12(14)22/h3-9H,2H2,1H3,(H2,24,25,26,27). The Labute approximate surface area is 163 Å². The van der Waals surface area contributed by atoms with Gasteiger partial charge in [0.25, 0.3) is 0 Å². The van der Waals surface area contributed by atoms with Crippen molar-refractivity contribution in [2.24, 2.45) is 0 Å². The Kier molecular flexibility index (Phi) is 4.79. The predicted molar refractivity (Wildman–Crippen MR) is 102 cm³/mol. The van der Waals surface area contributed by atoms with Crippen LogP contribution in [0.3, 0.4) is 0 Å². The van der Waals surface area contributed by atoms with Crippen LogP contribution in [-0.2, 0) is 6.42 Å². The van der Waals surface area contributed by atoms with E-state index in [-0.39, 0.29) is 17.6 Å². The number of fused-ring (bicyclic) bond motifs is 1. The first kappa shape index (κ1) is 18.1. The molecule has 0 saturated heterocycles. The number of ether oxygens (including phenoxy) is 1. The summed E-state index contributed by atoms with van der Waals surface area (Å²) in [6, 6.07) is 6.57. The minimum absolute atomic E-state index is 0.0443. The lowest BCUT2D eigenvalue weighted by atomic mass is 10.3. The van der Waals surface area contributed by atoms with Gasteiger partial charge in [-0.25, -0.2) is 8.78 Å². The summed E-state index contributed by atoms with van der Waals surface area (Å²) in [5, 5.41) is 3.82. The van der Waals surface area contributed by atoms with Crippen LogP contribution in [0, 0.1) is 11.6 Å². The first-order valence-corrected chi connectivity index (χ1v) is 8.81. The first-order valence-electron chi connectivity index (χ1n) is 8.43. The van der Waals surface area contributed by atoms with E-state index in [1.165, 1.54) is 6.07 Å². The lowest BCUT2D eigenvalue weighted by molar-refractivity contribution is 0.428. The highest BCUT2D eigenvalue weighted by molar-refractivity contribution is 6.36. The van der Waals surface area contributed by atoms with Crippen molar-refractivity contribution in [2.45, 2.75) is 13.3 Å². The summed E-state index contributed by atoms with van der Waals surface area (Å²) in [6.45, 7) is 1.93. The number of nitrogens with zero attached hydrogens (tertiary/aromatic N) is 3. The number of anilines is 2. The van der Waals surface area contributed by atoms with Crippen LogP contribution < -0.4 is 10.1 Å². The van der Waals surface area contributed by atoms with E-state index >= 15 is 0 Å². The number of aromatic nitrogens is 4. The first-order chi connectivity index (χ1) is 13.5. The van der Waals surface area contributed by atoms with Crippen LogP contribution in [-0.4, -0.2) is 19.9 Å². The molecule has 1 aromatic carbocycles. The summed E-state index contributed by atoms with van der Waals surface area (Å²) in [5.41, 5.74) is 1.84. The monoisotopic (exact) mass is 401 g/mol. The minimum atomic E-state index is -0.851. The maximum atomic E-state index is 14.1. The molecule has 0 aliphatic heterocycles. The van der Waals surface area contributed by atoms with Gasteiger partial charge in [0.1, 0.15) is 16.9 Å². The number of halogens is 3. The smallest absolute Gasteiger partial charge is 0.235 e. The summed E-state index contributed by atoms with van der Waals surface area (Å²) in [6.07, 6.45) is 3.87. The van der Waals surface area contributed by atoms with Gasteiger partial charge in [-0.05, 0) is 30.7 Å². The highest BCUT2D eigenvalue weighted by atomic mass is 35.5. The number of hydrogen-bond donors (Lipinski definition) is 2. The summed E-state index contributed by atoms with van der Waals surface area (Å²) >= 11 is 6.43. The van der Waals surface area contributed by atoms with Crippen LogP contribution in [0.25, 0.3) is 11.0 Å². The third-order valence-corrected chi connectivity index (χ3v) is 4.42. The molecule has 0 bridgehead atoms. The number of rotatable bonds is 5. The van der Waals surface area contributed by atoms with Crippen LogP contribution in [0.5, 0.6) is 11.6 Å². The van der Waals surface area contributed by atoms with Gasteiger partial charge in [0.2, 0.25) is 11.8 Å². The van der Waals surface area contributed by atoms with Crippen molar-refractivity contribution >= 4 is 34.3 Å². The zero-order chi connectivity index (χ0) is 19.7. The van der Waals surface area contributed by atoms with E-state index in [1.54, 1.807) is 24.5 Å². The molecule has 0 spiro atoms. The Balaban J connectivity index is 1.82. The van der Waals surface area contributed by atoms with E-state index in [0.717, 1.165) is 17.8 Å². The van der Waals surface area contributed by atoms with Gasteiger partial charge < -0.3 is 15.0 Å². The second-order valence-corrected chi connectivity index (χ2v) is 6.27. The fourth-order valence-corrected chi connectivity index (χ4v) is 3.03. The molecule has 6 nitrogen and oxygen atoms in total. The second kappa shape index (κ2) is 7.40. The van der Waals surface area contributed by atoms with Crippen molar-refractivity contribution in [3.05, 3.63) is 65.1 Å². The van der Waals surface area contributed by atoms with Crippen LogP contribution in [0.2, 0.25) is 5.02 Å². The zero-order valence-electron chi connectivity index (χ0n) is 14.6. The SMILES string of the molecule is CCc1[nH]c2nc(Nc3cccnc3)nc(Oc3ccc(F)cc3F)c2c1Cl. The number of aromatic amines is 1. The largest absolute Gasteiger partial charge is 0.435 e. The Morgan fingerprint density at radius 3 is 2.79 bits per heavy atom. The highest BCUT2D eigenvalue weighted by Crippen LogP contribution is 2.37. The Morgan fingerprint density at radius 2 is 2.07 bits per heavy atom. The fourth-order valence-electron chi connectivity index (χ4n) is 2.68. The number of benzene rings is 1. The van der Waals surface area contributed by atoms with Gasteiger partial charge in [0.05, 0.1) is 16.9 Å². The average Bonchev–Trinajstić information content (AvgIpc) is 3.00. The summed E-state index contributed by atoms with van der Waals surface area (Å²) in [5.74, 6) is -1.48. The van der Waals surface area contributed by atoms with Crippen LogP contribution >= 0.6 is 11.6 Å². The van der Waals surface area contributed by atoms with E-state index in [1.807, 2.05) is 6.92 Å². The fraction of sp³-hybridized carbons (Fsp3) is 0.105. The highest BCUT2D eigenvalue weighted by Gasteiger charge is 2.19. The number of aryl methyl sites for hydroxylation is 1. The molecule has 0 atom stereocenters. The zero-order valence-corrected chi connectivity index (χ0v) is 15.4. The van der Waals surface area contributed by atoms with Crippen molar-refractivity contribution in [1.82, 2.24) is 19.9 Å². The number of hydrogen-bond acceptors (Lipinski definition) is 5. The molecule has 0 unspecified atom stereocenters. The van der Waals surface area contributed by atoms with Crippen LogP contribution in [0.1, 0.15) is 12.6 Å². The molecule has 0 aliphatic rings. The molecule has 0 amide bonds. The molecule has 3 aromatic heterocycles. The minimum Gasteiger partial charge on any atom is -0.435 e. The van der Waals surface area contributed by atoms with Crippen molar-refractivity contribution in [3.63, 3.8) is 0 Å². The summed E-state index contributed by atoms with van der Waals surface area (Å²) in [7, 11) is 0. The van der Waals surface area contributed by atoms with E-state index in [2.05, 4.69) is 25.3 Å². The van der Waals surface area contributed by atoms with Gasteiger partial charge in [-0.2, -0.15) is 9.97 Å². The molecule has 28 heavy (non-hydrogen) atoms. The lowest BCUT2D eigenvalue weighted by Gasteiger charge is -2.10. The Hall–Kier alpha value is -3.26. The van der Waals surface area contributed by atoms with Gasteiger partial charge in [-0.1, -0.05) is 18.5 Å². The van der Waals surface area contributed by atoms with Crippen LogP contribution in [0.15, 0.2) is 42.7 Å². The van der Waals surface area contributed by atoms with Gasteiger partial charge in [-0.3, -0.25) is 4.98 Å². The molecule has 0 aliphatic carbocycles. The molecule has 9 heteroatoms. The van der Waals surface area contributed by atoms with Crippen molar-refractivity contribution < 1.29 is 13.5 Å². The third kappa shape index (κ3) is 3.46. The van der Waals surface area contributed by atoms with E-state index in [0.29, 0.717) is 28.2 Å². The third-order valence-electron chi connectivity index (χ3n) is 4.00. The molecular weight excluding hydrogens is 388 g/mol. The molecule has 4 rings (SSSR count). The van der Waals surface area contributed by atoms with E-state index in [9.17, 15) is 8.78 Å². The van der Waals surface area contributed by atoms with Crippen LogP contribution in [0.4, 0.5) is 20.4 Å². The maximum Gasteiger partial charge on any atom is 0.235 e. The molecule has 2 N–H and O–H groups in total. The summed E-state index contributed by atoms with van der Waals surface area (Å²) in [4.78, 5) is 15.9. The quantitative estimate of drug-likeness (QED) is 0.469. The Bertz CT molecular complexity index is 1150. The molecule has 0 saturated carbocycles. The van der Waals surface area contributed by atoms with Gasteiger partial charge >= 0.3 is 0 Å². The topological polar surface area (TPSA) is 75.7 Å². The molecule has 4 aromatic rings.